The molecule has 0 radical (unpaired) electrons. The predicted octanol–water partition coefficient (Wildman–Crippen LogP) is 2.31. The summed E-state index contributed by atoms with van der Waals surface area (Å²) in [4.78, 5) is 6.83. The third-order valence-corrected chi connectivity index (χ3v) is 3.69. The second-order valence-electron chi connectivity index (χ2n) is 5.44. The zero-order valence-electron chi connectivity index (χ0n) is 12.1. The Morgan fingerprint density at radius 1 is 1.48 bits per heavy atom. The first kappa shape index (κ1) is 14.1. The number of imidazole rings is 1. The number of furan rings is 1. The summed E-state index contributed by atoms with van der Waals surface area (Å²) in [5.74, 6) is 2.53. The number of rotatable bonds is 6. The minimum atomic E-state index is 0.440. The van der Waals surface area contributed by atoms with E-state index in [0.717, 1.165) is 44.4 Å². The van der Waals surface area contributed by atoms with E-state index in [1.165, 1.54) is 0 Å². The van der Waals surface area contributed by atoms with Crippen LogP contribution < -0.4 is 0 Å². The van der Waals surface area contributed by atoms with Crippen LogP contribution in [0.3, 0.4) is 0 Å². The minimum Gasteiger partial charge on any atom is -0.468 e. The summed E-state index contributed by atoms with van der Waals surface area (Å²) in [5, 5.41) is 0. The Hall–Kier alpha value is -1.85. The molecular weight excluding hydrogens is 266 g/mol. The molecule has 0 unspecified atom stereocenters. The Bertz CT molecular complexity index is 562. The molecule has 5 heteroatoms. The van der Waals surface area contributed by atoms with Gasteiger partial charge in [0.2, 0.25) is 0 Å². The number of ether oxygens (including phenoxy) is 1. The molecule has 0 spiro atoms. The summed E-state index contributed by atoms with van der Waals surface area (Å²) in [6.45, 7) is 8.59. The Morgan fingerprint density at radius 2 is 2.43 bits per heavy atom. The Morgan fingerprint density at radius 3 is 3.24 bits per heavy atom. The van der Waals surface area contributed by atoms with Gasteiger partial charge in [-0.2, -0.15) is 0 Å². The molecule has 3 heterocycles. The van der Waals surface area contributed by atoms with E-state index in [0.29, 0.717) is 12.5 Å². The molecule has 21 heavy (non-hydrogen) atoms. The summed E-state index contributed by atoms with van der Waals surface area (Å²) in [6.07, 6.45) is 7.43. The second-order valence-corrected chi connectivity index (χ2v) is 5.44. The monoisotopic (exact) mass is 287 g/mol. The molecule has 0 aliphatic carbocycles. The molecule has 0 saturated carbocycles. The summed E-state index contributed by atoms with van der Waals surface area (Å²) in [6, 6.07) is 3.94. The van der Waals surface area contributed by atoms with Gasteiger partial charge in [0, 0.05) is 31.4 Å². The van der Waals surface area contributed by atoms with Crippen molar-refractivity contribution in [2.75, 3.05) is 19.8 Å². The van der Waals surface area contributed by atoms with Gasteiger partial charge in [0.05, 0.1) is 32.6 Å². The van der Waals surface area contributed by atoms with Crippen molar-refractivity contribution in [2.24, 2.45) is 5.92 Å². The molecule has 0 N–H and O–H groups in total. The first-order valence-corrected chi connectivity index (χ1v) is 7.28. The van der Waals surface area contributed by atoms with E-state index in [1.54, 1.807) is 12.3 Å². The molecule has 1 aliphatic heterocycles. The normalized spacial score (nSPS) is 19.1. The van der Waals surface area contributed by atoms with Crippen LogP contribution in [0.5, 0.6) is 0 Å². The Balaban J connectivity index is 1.69. The van der Waals surface area contributed by atoms with Crippen molar-refractivity contribution < 1.29 is 9.15 Å². The Labute approximate surface area is 124 Å². The zero-order chi connectivity index (χ0) is 14.5. The summed E-state index contributed by atoms with van der Waals surface area (Å²) in [7, 11) is 0. The highest BCUT2D eigenvalue weighted by Crippen LogP contribution is 2.18. The van der Waals surface area contributed by atoms with Crippen molar-refractivity contribution in [1.82, 2.24) is 14.5 Å². The van der Waals surface area contributed by atoms with Crippen molar-refractivity contribution in [2.45, 2.75) is 19.6 Å². The smallest absolute Gasteiger partial charge is 0.122 e. The second kappa shape index (κ2) is 6.74. The van der Waals surface area contributed by atoms with Gasteiger partial charge in [-0.3, -0.25) is 4.90 Å². The lowest BCUT2D eigenvalue weighted by atomic mass is 10.1. The highest BCUT2D eigenvalue weighted by molar-refractivity contribution is 5.00. The third-order valence-electron chi connectivity index (χ3n) is 3.69. The van der Waals surface area contributed by atoms with E-state index in [4.69, 9.17) is 9.15 Å². The fourth-order valence-corrected chi connectivity index (χ4v) is 2.79. The number of fused-ring (bicyclic) bond motifs is 1. The molecule has 1 atom stereocenters. The maximum atomic E-state index is 5.65. The first-order valence-electron chi connectivity index (χ1n) is 7.28. The maximum absolute atomic E-state index is 5.65. The van der Waals surface area contributed by atoms with Crippen molar-refractivity contribution in [3.63, 3.8) is 0 Å². The standard InChI is InChI=1S/C16H21N3O2/c1-2-7-20-13-14-9-18(11-15-4-3-8-21-15)12-16-17-5-6-19(16)10-14/h2-6,8,14H,1,7,9-13H2/t14-/m1/s1. The van der Waals surface area contributed by atoms with Gasteiger partial charge < -0.3 is 13.7 Å². The molecule has 0 amide bonds. The molecule has 0 fully saturated rings. The van der Waals surface area contributed by atoms with Crippen molar-refractivity contribution in [3.8, 4) is 0 Å². The van der Waals surface area contributed by atoms with Gasteiger partial charge in [-0.25, -0.2) is 4.98 Å². The molecule has 0 aromatic carbocycles. The molecule has 5 nitrogen and oxygen atoms in total. The van der Waals surface area contributed by atoms with Gasteiger partial charge in [-0.1, -0.05) is 6.08 Å². The molecular formula is C16H21N3O2. The number of aromatic nitrogens is 2. The van der Waals surface area contributed by atoms with Gasteiger partial charge in [0.1, 0.15) is 11.6 Å². The average molecular weight is 287 g/mol. The van der Waals surface area contributed by atoms with Crippen LogP contribution in [0.25, 0.3) is 0 Å². The average Bonchev–Trinajstić information content (AvgIpc) is 3.09. The van der Waals surface area contributed by atoms with Crippen LogP contribution in [0.1, 0.15) is 11.6 Å². The van der Waals surface area contributed by atoms with Gasteiger partial charge in [-0.15, -0.1) is 6.58 Å². The predicted molar refractivity (Wildman–Crippen MR) is 79.6 cm³/mol. The van der Waals surface area contributed by atoms with E-state index < -0.39 is 0 Å². The largest absolute Gasteiger partial charge is 0.468 e. The van der Waals surface area contributed by atoms with Gasteiger partial charge in [-0.05, 0) is 12.1 Å². The topological polar surface area (TPSA) is 43.4 Å². The summed E-state index contributed by atoms with van der Waals surface area (Å²) < 4.78 is 13.3. The summed E-state index contributed by atoms with van der Waals surface area (Å²) >= 11 is 0. The van der Waals surface area contributed by atoms with Crippen molar-refractivity contribution in [3.05, 3.63) is 55.0 Å². The number of nitrogens with zero attached hydrogens (tertiary/aromatic N) is 3. The maximum Gasteiger partial charge on any atom is 0.122 e. The fraction of sp³-hybridized carbons (Fsp3) is 0.438. The lowest BCUT2D eigenvalue weighted by Crippen LogP contribution is -2.30. The molecule has 112 valence electrons. The molecule has 3 rings (SSSR count). The minimum absolute atomic E-state index is 0.440. The molecule has 2 aromatic heterocycles. The molecule has 0 saturated heterocycles. The SMILES string of the molecule is C=CCOC[C@@H]1CN(Cc2ccco2)Cc2nccn2C1. The molecule has 0 bridgehead atoms. The van der Waals surface area contributed by atoms with Gasteiger partial charge in [0.15, 0.2) is 0 Å². The summed E-state index contributed by atoms with van der Waals surface area (Å²) in [5.41, 5.74) is 0. The fourth-order valence-electron chi connectivity index (χ4n) is 2.79. The highest BCUT2D eigenvalue weighted by atomic mass is 16.5. The van der Waals surface area contributed by atoms with E-state index in [-0.39, 0.29) is 0 Å². The van der Waals surface area contributed by atoms with Crippen LogP contribution in [0.15, 0.2) is 47.9 Å². The van der Waals surface area contributed by atoms with Crippen LogP contribution in [-0.4, -0.2) is 34.2 Å². The van der Waals surface area contributed by atoms with Crippen LogP contribution in [0.2, 0.25) is 0 Å². The van der Waals surface area contributed by atoms with Crippen molar-refractivity contribution >= 4 is 0 Å². The molecule has 1 aliphatic rings. The Kier molecular flexibility index (Phi) is 4.52. The van der Waals surface area contributed by atoms with Gasteiger partial charge in [0.25, 0.3) is 0 Å². The van der Waals surface area contributed by atoms with E-state index in [1.807, 2.05) is 24.5 Å². The van der Waals surface area contributed by atoms with E-state index >= 15 is 0 Å². The van der Waals surface area contributed by atoms with Crippen molar-refractivity contribution in [1.29, 1.82) is 0 Å². The van der Waals surface area contributed by atoms with E-state index in [2.05, 4.69) is 21.0 Å². The molecule has 2 aromatic rings. The van der Waals surface area contributed by atoms with Crippen LogP contribution >= 0.6 is 0 Å². The van der Waals surface area contributed by atoms with Crippen LogP contribution in [-0.2, 0) is 24.4 Å². The number of hydrogen-bond donors (Lipinski definition) is 0. The number of hydrogen-bond acceptors (Lipinski definition) is 4. The quantitative estimate of drug-likeness (QED) is 0.604. The first-order chi connectivity index (χ1) is 10.3. The van der Waals surface area contributed by atoms with Crippen LogP contribution in [0, 0.1) is 5.92 Å². The lowest BCUT2D eigenvalue weighted by Gasteiger charge is -2.22. The zero-order valence-corrected chi connectivity index (χ0v) is 12.1. The highest BCUT2D eigenvalue weighted by Gasteiger charge is 2.23. The van der Waals surface area contributed by atoms with Gasteiger partial charge >= 0.3 is 0 Å². The third kappa shape index (κ3) is 3.62. The lowest BCUT2D eigenvalue weighted by molar-refractivity contribution is 0.0924. The van der Waals surface area contributed by atoms with E-state index in [9.17, 15) is 0 Å². The van der Waals surface area contributed by atoms with Crippen LogP contribution in [0.4, 0.5) is 0 Å².